The molecule has 0 unspecified atom stereocenters. The van der Waals surface area contributed by atoms with E-state index in [1.54, 1.807) is 18.2 Å². The minimum Gasteiger partial charge on any atom is -0.282 e. The molecule has 0 heterocycles. The van der Waals surface area contributed by atoms with Crippen LogP contribution < -0.4 is 0 Å². The van der Waals surface area contributed by atoms with Crippen LogP contribution >= 0.6 is 37.7 Å². The third kappa shape index (κ3) is 8.07. The third-order valence-electron chi connectivity index (χ3n) is 2.84. The van der Waals surface area contributed by atoms with Gasteiger partial charge in [-0.15, -0.1) is 37.7 Å². The van der Waals surface area contributed by atoms with Crippen molar-refractivity contribution >= 4 is 47.9 Å². The lowest BCUT2D eigenvalue weighted by molar-refractivity contribution is 0.108. The Bertz CT molecular complexity index is 655. The van der Waals surface area contributed by atoms with Gasteiger partial charge in [0.1, 0.15) is 0 Å². The van der Waals surface area contributed by atoms with Crippen LogP contribution in [0.1, 0.15) is 33.2 Å². The summed E-state index contributed by atoms with van der Waals surface area (Å²) in [4.78, 5) is 21.6. The monoisotopic (exact) mass is 366 g/mol. The number of benzene rings is 2. The number of thiol groups is 2. The minimum absolute atomic E-state index is 0. The van der Waals surface area contributed by atoms with Crippen LogP contribution in [0.25, 0.3) is 0 Å². The summed E-state index contributed by atoms with van der Waals surface area (Å²) in [6.07, 6.45) is 4.79. The summed E-state index contributed by atoms with van der Waals surface area (Å²) < 4.78 is 0. The van der Waals surface area contributed by atoms with Crippen molar-refractivity contribution in [2.75, 3.05) is 0 Å². The zero-order chi connectivity index (χ0) is 16.4. The molecular weight excluding hydrogens is 348 g/mol. The van der Waals surface area contributed by atoms with Gasteiger partial charge in [-0.3, -0.25) is 9.59 Å². The molecule has 2 nitrogen and oxygen atoms in total. The standard InChI is InChI=1S/C11H12OS.C7H6OS.ClH/c1-2-3-6-9-7-4-5-8-10(9)11(12)13;8-7(9)6-4-2-1-3-5-6;/h2-5,7-8H,6H2,1H3,(H,12,13);1-5H,(H,8,9);1H. The highest BCUT2D eigenvalue weighted by Gasteiger charge is 2.04. The van der Waals surface area contributed by atoms with Gasteiger partial charge in [0, 0.05) is 11.1 Å². The number of allylic oxidation sites excluding steroid dienone is 2. The summed E-state index contributed by atoms with van der Waals surface area (Å²) in [7, 11) is 0. The largest absolute Gasteiger partial charge is 0.282 e. The molecule has 0 N–H and O–H groups in total. The number of halogens is 1. The second kappa shape index (κ2) is 12.0. The molecule has 0 fully saturated rings. The Morgan fingerprint density at radius 2 is 1.48 bits per heavy atom. The van der Waals surface area contributed by atoms with Gasteiger partial charge in [-0.1, -0.05) is 66.7 Å². The number of rotatable bonds is 4. The average molecular weight is 367 g/mol. The molecule has 2 aromatic rings. The summed E-state index contributed by atoms with van der Waals surface area (Å²) in [5.41, 5.74) is 2.37. The molecule has 0 aliphatic carbocycles. The van der Waals surface area contributed by atoms with E-state index in [1.165, 1.54) is 0 Å². The molecule has 23 heavy (non-hydrogen) atoms. The zero-order valence-electron chi connectivity index (χ0n) is 12.7. The van der Waals surface area contributed by atoms with Crippen molar-refractivity contribution in [1.29, 1.82) is 0 Å². The van der Waals surface area contributed by atoms with Crippen molar-refractivity contribution in [3.8, 4) is 0 Å². The van der Waals surface area contributed by atoms with Crippen LogP contribution in [0.2, 0.25) is 0 Å². The first-order chi connectivity index (χ1) is 10.6. The van der Waals surface area contributed by atoms with Gasteiger partial charge < -0.3 is 0 Å². The second-order valence-corrected chi connectivity index (χ2v) is 5.22. The lowest BCUT2D eigenvalue weighted by atomic mass is 10.1. The van der Waals surface area contributed by atoms with Crippen molar-refractivity contribution in [1.82, 2.24) is 0 Å². The maximum absolute atomic E-state index is 11.1. The molecule has 0 aliphatic rings. The summed E-state index contributed by atoms with van der Waals surface area (Å²) >= 11 is 7.47. The summed E-state index contributed by atoms with van der Waals surface area (Å²) in [5, 5.41) is -0.351. The molecule has 0 aromatic heterocycles. The molecule has 0 atom stereocenters. The van der Waals surface area contributed by atoms with E-state index in [9.17, 15) is 9.59 Å². The fourth-order valence-electron chi connectivity index (χ4n) is 1.73. The van der Waals surface area contributed by atoms with Crippen LogP contribution in [0.5, 0.6) is 0 Å². The normalized spacial score (nSPS) is 9.52. The van der Waals surface area contributed by atoms with Gasteiger partial charge in [0.25, 0.3) is 0 Å². The summed E-state index contributed by atoms with van der Waals surface area (Å²) in [6, 6.07) is 16.5. The molecule has 0 spiro atoms. The van der Waals surface area contributed by atoms with Gasteiger partial charge in [0.15, 0.2) is 0 Å². The van der Waals surface area contributed by atoms with Crippen molar-refractivity contribution in [3.05, 3.63) is 83.4 Å². The topological polar surface area (TPSA) is 34.1 Å². The molecule has 2 aromatic carbocycles. The Hall–Kier alpha value is -1.49. The fraction of sp³-hybridized carbons (Fsp3) is 0.111. The number of carbonyl (C=O) groups excluding carboxylic acids is 2. The van der Waals surface area contributed by atoms with Gasteiger partial charge in [0.2, 0.25) is 10.2 Å². The lowest BCUT2D eigenvalue weighted by Gasteiger charge is -2.02. The number of carbonyl (C=O) groups is 2. The predicted octanol–water partition coefficient (Wildman–Crippen LogP) is 5.05. The molecule has 122 valence electrons. The third-order valence-corrected chi connectivity index (χ3v) is 3.34. The van der Waals surface area contributed by atoms with Crippen LogP contribution in [0.4, 0.5) is 0 Å². The highest BCUT2D eigenvalue weighted by molar-refractivity contribution is 7.97. The van der Waals surface area contributed by atoms with Crippen LogP contribution in [0.3, 0.4) is 0 Å². The van der Waals surface area contributed by atoms with Gasteiger partial charge in [-0.2, -0.15) is 0 Å². The Morgan fingerprint density at radius 1 is 0.913 bits per heavy atom. The van der Waals surface area contributed by atoms with E-state index >= 15 is 0 Å². The highest BCUT2D eigenvalue weighted by Crippen LogP contribution is 2.12. The minimum atomic E-state index is -0.185. The highest BCUT2D eigenvalue weighted by atomic mass is 35.5. The summed E-state index contributed by atoms with van der Waals surface area (Å²) in [6.45, 7) is 1.96. The molecular formula is C18H19ClO2S2. The van der Waals surface area contributed by atoms with E-state index in [0.717, 1.165) is 12.0 Å². The lowest BCUT2D eigenvalue weighted by Crippen LogP contribution is -1.95. The Morgan fingerprint density at radius 3 is 1.96 bits per heavy atom. The van der Waals surface area contributed by atoms with Crippen LogP contribution in [0, 0.1) is 0 Å². The number of hydrogen-bond acceptors (Lipinski definition) is 2. The SMILES string of the molecule is CC=CCc1ccccc1C(=O)S.Cl.O=C(S)c1ccccc1. The quantitative estimate of drug-likeness (QED) is 0.586. The first-order valence-corrected chi connectivity index (χ1v) is 7.66. The van der Waals surface area contributed by atoms with Crippen molar-refractivity contribution in [3.63, 3.8) is 0 Å². The molecule has 5 heteroatoms. The molecule has 0 saturated heterocycles. The Kier molecular flexibility index (Phi) is 11.2. The van der Waals surface area contributed by atoms with E-state index < -0.39 is 0 Å². The Labute approximate surface area is 154 Å². The van der Waals surface area contributed by atoms with E-state index in [1.807, 2.05) is 55.5 Å². The summed E-state index contributed by atoms with van der Waals surface area (Å²) in [5.74, 6) is 0. The van der Waals surface area contributed by atoms with Gasteiger partial charge in [-0.05, 0) is 18.9 Å². The first-order valence-electron chi connectivity index (χ1n) is 6.77. The van der Waals surface area contributed by atoms with Crippen LogP contribution in [-0.4, -0.2) is 10.2 Å². The molecule has 0 bridgehead atoms. The fourth-order valence-corrected chi connectivity index (χ4v) is 2.10. The molecule has 2 rings (SSSR count). The maximum Gasteiger partial charge on any atom is 0.216 e. The van der Waals surface area contributed by atoms with Crippen LogP contribution in [-0.2, 0) is 6.42 Å². The van der Waals surface area contributed by atoms with Gasteiger partial charge in [0.05, 0.1) is 0 Å². The Balaban J connectivity index is 0.000000427. The first kappa shape index (κ1) is 21.5. The van der Waals surface area contributed by atoms with Crippen molar-refractivity contribution in [2.45, 2.75) is 13.3 Å². The van der Waals surface area contributed by atoms with Gasteiger partial charge in [-0.25, -0.2) is 0 Å². The van der Waals surface area contributed by atoms with Crippen LogP contribution in [0.15, 0.2) is 66.7 Å². The van der Waals surface area contributed by atoms with E-state index in [0.29, 0.717) is 11.1 Å². The maximum atomic E-state index is 11.1. The molecule has 0 amide bonds. The predicted molar refractivity (Wildman–Crippen MR) is 105 cm³/mol. The second-order valence-electron chi connectivity index (χ2n) is 4.41. The molecule has 0 radical (unpaired) electrons. The van der Waals surface area contributed by atoms with Crippen molar-refractivity contribution < 1.29 is 9.59 Å². The van der Waals surface area contributed by atoms with Gasteiger partial charge >= 0.3 is 0 Å². The van der Waals surface area contributed by atoms with Crippen molar-refractivity contribution in [2.24, 2.45) is 0 Å². The smallest absolute Gasteiger partial charge is 0.216 e. The molecule has 0 aliphatic heterocycles. The van der Waals surface area contributed by atoms with E-state index in [4.69, 9.17) is 0 Å². The zero-order valence-corrected chi connectivity index (χ0v) is 15.3. The van der Waals surface area contributed by atoms with E-state index in [2.05, 4.69) is 25.3 Å². The molecule has 0 saturated carbocycles. The average Bonchev–Trinajstić information content (AvgIpc) is 2.54. The van der Waals surface area contributed by atoms with E-state index in [-0.39, 0.29) is 22.6 Å². The number of hydrogen-bond donors (Lipinski definition) is 2.